The molecule has 1 aliphatic rings. The quantitative estimate of drug-likeness (QED) is 0.374. The van der Waals surface area contributed by atoms with Crippen molar-refractivity contribution in [3.63, 3.8) is 0 Å². The van der Waals surface area contributed by atoms with Crippen molar-refractivity contribution in [1.29, 1.82) is 0 Å². The molecule has 0 amide bonds. The molecule has 0 saturated heterocycles. The standard InChI is InChI=1S/C24H37FO3/c1-2-3-6-10-23(26)19-14-12-18(13-15-19)20-16-17-22(25)21(20)9-7-4-5-8-11-24(27)28/h12-15,20-23,26H,2-11,16-17H2,1H3,(H,27,28). The molecule has 4 heteroatoms. The third-order valence-electron chi connectivity index (χ3n) is 6.24. The molecule has 3 nitrogen and oxygen atoms in total. The van der Waals surface area contributed by atoms with Crippen LogP contribution in [-0.2, 0) is 4.79 Å². The zero-order valence-electron chi connectivity index (χ0n) is 17.3. The molecule has 1 aromatic rings. The zero-order valence-corrected chi connectivity index (χ0v) is 17.3. The lowest BCUT2D eigenvalue weighted by Gasteiger charge is -2.22. The van der Waals surface area contributed by atoms with E-state index in [0.717, 1.165) is 63.4 Å². The van der Waals surface area contributed by atoms with Crippen LogP contribution >= 0.6 is 0 Å². The first kappa shape index (κ1) is 22.9. The number of aliphatic hydroxyl groups excluding tert-OH is 1. The average Bonchev–Trinajstić information content (AvgIpc) is 3.05. The maximum absolute atomic E-state index is 14.5. The highest BCUT2D eigenvalue weighted by atomic mass is 19.1. The predicted octanol–water partition coefficient (Wildman–Crippen LogP) is 6.56. The van der Waals surface area contributed by atoms with Gasteiger partial charge in [-0.05, 0) is 55.1 Å². The Labute approximate surface area is 169 Å². The normalized spacial score (nSPS) is 23.0. The predicted molar refractivity (Wildman–Crippen MR) is 111 cm³/mol. The number of carboxylic acids is 1. The molecule has 4 unspecified atom stereocenters. The van der Waals surface area contributed by atoms with Crippen LogP contribution < -0.4 is 0 Å². The fraction of sp³-hybridized carbons (Fsp3) is 0.708. The van der Waals surface area contributed by atoms with Gasteiger partial charge in [-0.3, -0.25) is 4.79 Å². The molecule has 2 N–H and O–H groups in total. The largest absolute Gasteiger partial charge is 0.481 e. The molecule has 2 rings (SSSR count). The summed E-state index contributed by atoms with van der Waals surface area (Å²) in [5.41, 5.74) is 2.16. The number of alkyl halides is 1. The first-order valence-corrected chi connectivity index (χ1v) is 11.2. The maximum atomic E-state index is 14.5. The number of hydrogen-bond donors (Lipinski definition) is 2. The van der Waals surface area contributed by atoms with Gasteiger partial charge < -0.3 is 10.2 Å². The van der Waals surface area contributed by atoms with Gasteiger partial charge >= 0.3 is 5.97 Å². The number of benzene rings is 1. The van der Waals surface area contributed by atoms with E-state index in [1.807, 2.05) is 12.1 Å². The van der Waals surface area contributed by atoms with Crippen LogP contribution in [0, 0.1) is 5.92 Å². The van der Waals surface area contributed by atoms with Crippen molar-refractivity contribution < 1.29 is 19.4 Å². The van der Waals surface area contributed by atoms with Crippen molar-refractivity contribution in [2.45, 2.75) is 102 Å². The molecule has 1 aliphatic carbocycles. The van der Waals surface area contributed by atoms with E-state index < -0.39 is 18.2 Å². The highest BCUT2D eigenvalue weighted by Gasteiger charge is 2.36. The van der Waals surface area contributed by atoms with E-state index in [1.165, 1.54) is 5.56 Å². The summed E-state index contributed by atoms with van der Waals surface area (Å²) in [6.45, 7) is 2.16. The minimum absolute atomic E-state index is 0.0693. The van der Waals surface area contributed by atoms with Gasteiger partial charge in [0.05, 0.1) is 6.10 Å². The maximum Gasteiger partial charge on any atom is 0.303 e. The van der Waals surface area contributed by atoms with Gasteiger partial charge in [-0.15, -0.1) is 0 Å². The van der Waals surface area contributed by atoms with Gasteiger partial charge in [-0.2, -0.15) is 0 Å². The topological polar surface area (TPSA) is 57.5 Å². The third kappa shape index (κ3) is 7.20. The Balaban J connectivity index is 1.83. The number of aliphatic carboxylic acids is 1. The van der Waals surface area contributed by atoms with E-state index in [1.54, 1.807) is 0 Å². The van der Waals surface area contributed by atoms with Crippen LogP contribution in [-0.4, -0.2) is 22.4 Å². The number of halogens is 1. The highest BCUT2D eigenvalue weighted by molar-refractivity contribution is 5.66. The molecule has 4 atom stereocenters. The Kier molecular flexibility index (Phi) is 9.97. The summed E-state index contributed by atoms with van der Waals surface area (Å²) < 4.78 is 14.5. The Bertz CT molecular complexity index is 572. The van der Waals surface area contributed by atoms with Gasteiger partial charge in [0.2, 0.25) is 0 Å². The van der Waals surface area contributed by atoms with Gasteiger partial charge in [-0.1, -0.05) is 69.7 Å². The molecular formula is C24H37FO3. The number of hydrogen-bond acceptors (Lipinski definition) is 2. The lowest BCUT2D eigenvalue weighted by Crippen LogP contribution is -2.15. The Hall–Kier alpha value is -1.42. The van der Waals surface area contributed by atoms with Crippen LogP contribution in [0.5, 0.6) is 0 Å². The summed E-state index contributed by atoms with van der Waals surface area (Å²) in [7, 11) is 0. The third-order valence-corrected chi connectivity index (χ3v) is 6.24. The van der Waals surface area contributed by atoms with Crippen LogP contribution in [0.3, 0.4) is 0 Å². The van der Waals surface area contributed by atoms with Crippen molar-refractivity contribution in [3.8, 4) is 0 Å². The Morgan fingerprint density at radius 2 is 1.79 bits per heavy atom. The van der Waals surface area contributed by atoms with Crippen LogP contribution in [0.25, 0.3) is 0 Å². The average molecular weight is 393 g/mol. The van der Waals surface area contributed by atoms with Crippen molar-refractivity contribution >= 4 is 5.97 Å². The minimum Gasteiger partial charge on any atom is -0.481 e. The smallest absolute Gasteiger partial charge is 0.303 e. The van der Waals surface area contributed by atoms with Gasteiger partial charge in [0, 0.05) is 6.42 Å². The van der Waals surface area contributed by atoms with Gasteiger partial charge in [0.15, 0.2) is 0 Å². The number of aliphatic hydroxyl groups is 1. The summed E-state index contributed by atoms with van der Waals surface area (Å²) in [5, 5.41) is 19.0. The zero-order chi connectivity index (χ0) is 20.4. The second-order valence-electron chi connectivity index (χ2n) is 8.39. The van der Waals surface area contributed by atoms with Crippen molar-refractivity contribution in [1.82, 2.24) is 0 Å². The SMILES string of the molecule is CCCCCC(O)c1ccc(C2CCC(F)C2CCCCCCC(=O)O)cc1. The fourth-order valence-corrected chi connectivity index (χ4v) is 4.54. The lowest BCUT2D eigenvalue weighted by molar-refractivity contribution is -0.137. The number of carboxylic acid groups (broad SMARTS) is 1. The summed E-state index contributed by atoms with van der Waals surface area (Å²) >= 11 is 0. The summed E-state index contributed by atoms with van der Waals surface area (Å²) in [4.78, 5) is 10.6. The van der Waals surface area contributed by atoms with E-state index in [4.69, 9.17) is 5.11 Å². The molecule has 0 heterocycles. The molecule has 0 bridgehead atoms. The highest BCUT2D eigenvalue weighted by Crippen LogP contribution is 2.44. The van der Waals surface area contributed by atoms with Gasteiger partial charge in [-0.25, -0.2) is 4.39 Å². The van der Waals surface area contributed by atoms with E-state index in [9.17, 15) is 14.3 Å². The second-order valence-corrected chi connectivity index (χ2v) is 8.39. The molecule has 0 aliphatic heterocycles. The molecule has 0 radical (unpaired) electrons. The van der Waals surface area contributed by atoms with Crippen molar-refractivity contribution in [3.05, 3.63) is 35.4 Å². The summed E-state index contributed by atoms with van der Waals surface area (Å²) in [6, 6.07) is 8.20. The molecule has 158 valence electrons. The number of carbonyl (C=O) groups is 1. The monoisotopic (exact) mass is 392 g/mol. The van der Waals surface area contributed by atoms with Gasteiger partial charge in [0.1, 0.15) is 6.17 Å². The van der Waals surface area contributed by atoms with E-state index in [2.05, 4.69) is 19.1 Å². The van der Waals surface area contributed by atoms with Crippen LogP contribution in [0.1, 0.15) is 107 Å². The van der Waals surface area contributed by atoms with Gasteiger partial charge in [0.25, 0.3) is 0 Å². The minimum atomic E-state index is -0.737. The molecule has 0 aromatic heterocycles. The number of unbranched alkanes of at least 4 members (excludes halogenated alkanes) is 5. The summed E-state index contributed by atoms with van der Waals surface area (Å²) in [5.74, 6) is -0.404. The molecular weight excluding hydrogens is 355 g/mol. The first-order chi connectivity index (χ1) is 13.5. The molecule has 0 spiro atoms. The molecule has 28 heavy (non-hydrogen) atoms. The van der Waals surface area contributed by atoms with Crippen molar-refractivity contribution in [2.75, 3.05) is 0 Å². The van der Waals surface area contributed by atoms with Crippen LogP contribution in [0.4, 0.5) is 4.39 Å². The fourth-order valence-electron chi connectivity index (χ4n) is 4.54. The molecule has 1 saturated carbocycles. The first-order valence-electron chi connectivity index (χ1n) is 11.2. The van der Waals surface area contributed by atoms with E-state index in [-0.39, 0.29) is 18.3 Å². The molecule has 1 fully saturated rings. The second kappa shape index (κ2) is 12.2. The van der Waals surface area contributed by atoms with Crippen molar-refractivity contribution in [2.24, 2.45) is 5.92 Å². The lowest BCUT2D eigenvalue weighted by atomic mass is 9.84. The Morgan fingerprint density at radius 1 is 1.07 bits per heavy atom. The summed E-state index contributed by atoms with van der Waals surface area (Å²) in [6.07, 6.45) is 9.20. The van der Waals surface area contributed by atoms with E-state index in [0.29, 0.717) is 12.8 Å². The van der Waals surface area contributed by atoms with Crippen LogP contribution in [0.2, 0.25) is 0 Å². The van der Waals surface area contributed by atoms with Crippen LogP contribution in [0.15, 0.2) is 24.3 Å². The Morgan fingerprint density at radius 3 is 2.46 bits per heavy atom. The molecule has 1 aromatic carbocycles. The van der Waals surface area contributed by atoms with E-state index >= 15 is 0 Å². The number of rotatable bonds is 13.